The molecule has 1 unspecified atom stereocenters. The van der Waals surface area contributed by atoms with Crippen molar-refractivity contribution in [2.45, 2.75) is 45.1 Å². The molecule has 0 spiro atoms. The van der Waals surface area contributed by atoms with E-state index in [4.69, 9.17) is 4.74 Å². The van der Waals surface area contributed by atoms with Crippen LogP contribution in [0.2, 0.25) is 0 Å². The molecule has 0 bridgehead atoms. The molecular formula is C12H25NO2. The number of rotatable bonds is 7. The van der Waals surface area contributed by atoms with Crippen LogP contribution in [0.4, 0.5) is 0 Å². The van der Waals surface area contributed by atoms with E-state index in [2.05, 4.69) is 12.2 Å². The van der Waals surface area contributed by atoms with Crippen LogP contribution >= 0.6 is 0 Å². The molecule has 1 aliphatic rings. The molecule has 0 heterocycles. The predicted octanol–water partition coefficient (Wildman–Crippen LogP) is 1.55. The van der Waals surface area contributed by atoms with Crippen molar-refractivity contribution in [3.8, 4) is 0 Å². The standard InChI is InChI=1S/C12H25NO2/c1-3-11(8-15-2)13-9-12(10-14)6-4-5-7-12/h11,13-14H,3-10H2,1-2H3. The van der Waals surface area contributed by atoms with Crippen molar-refractivity contribution in [3.63, 3.8) is 0 Å². The Morgan fingerprint density at radius 3 is 2.53 bits per heavy atom. The van der Waals surface area contributed by atoms with E-state index in [1.807, 2.05) is 0 Å². The van der Waals surface area contributed by atoms with Gasteiger partial charge in [-0.05, 0) is 19.3 Å². The van der Waals surface area contributed by atoms with Crippen LogP contribution < -0.4 is 5.32 Å². The normalized spacial score (nSPS) is 21.8. The maximum absolute atomic E-state index is 9.46. The minimum absolute atomic E-state index is 0.154. The molecule has 15 heavy (non-hydrogen) atoms. The molecule has 1 aliphatic carbocycles. The van der Waals surface area contributed by atoms with Crippen molar-refractivity contribution in [1.82, 2.24) is 5.32 Å². The van der Waals surface area contributed by atoms with Crippen LogP contribution in [0.5, 0.6) is 0 Å². The Labute approximate surface area is 93.2 Å². The molecule has 0 radical (unpaired) electrons. The highest BCUT2D eigenvalue weighted by Crippen LogP contribution is 2.36. The summed E-state index contributed by atoms with van der Waals surface area (Å²) in [5, 5.41) is 13.0. The first-order valence-corrected chi connectivity index (χ1v) is 6.09. The topological polar surface area (TPSA) is 41.5 Å². The lowest BCUT2D eigenvalue weighted by Gasteiger charge is -2.29. The summed E-state index contributed by atoms with van der Waals surface area (Å²) in [6.45, 7) is 4.18. The maximum Gasteiger partial charge on any atom is 0.0615 e. The monoisotopic (exact) mass is 215 g/mol. The van der Waals surface area contributed by atoms with Gasteiger partial charge in [-0.25, -0.2) is 0 Å². The van der Waals surface area contributed by atoms with Crippen LogP contribution in [0.25, 0.3) is 0 Å². The molecule has 1 rings (SSSR count). The van der Waals surface area contributed by atoms with Crippen molar-refractivity contribution in [3.05, 3.63) is 0 Å². The largest absolute Gasteiger partial charge is 0.396 e. The Bertz CT molecular complexity index is 167. The molecule has 0 saturated heterocycles. The zero-order chi connectivity index (χ0) is 11.1. The molecule has 0 aromatic rings. The molecule has 0 aromatic carbocycles. The van der Waals surface area contributed by atoms with Crippen LogP contribution in [-0.2, 0) is 4.74 Å². The Kier molecular flexibility index (Phi) is 5.58. The van der Waals surface area contributed by atoms with Gasteiger partial charge in [-0.2, -0.15) is 0 Å². The highest BCUT2D eigenvalue weighted by molar-refractivity contribution is 4.87. The summed E-state index contributed by atoms with van der Waals surface area (Å²) in [6, 6.07) is 0.430. The van der Waals surface area contributed by atoms with E-state index >= 15 is 0 Å². The fraction of sp³-hybridized carbons (Fsp3) is 1.00. The Hall–Kier alpha value is -0.120. The Balaban J connectivity index is 2.32. The van der Waals surface area contributed by atoms with Crippen LogP contribution in [0.1, 0.15) is 39.0 Å². The fourth-order valence-corrected chi connectivity index (χ4v) is 2.40. The molecule has 0 aromatic heterocycles. The number of ether oxygens (including phenoxy) is 1. The van der Waals surface area contributed by atoms with E-state index < -0.39 is 0 Å². The summed E-state index contributed by atoms with van der Waals surface area (Å²) < 4.78 is 5.15. The molecular weight excluding hydrogens is 190 g/mol. The van der Waals surface area contributed by atoms with E-state index in [-0.39, 0.29) is 5.41 Å². The second-order valence-electron chi connectivity index (χ2n) is 4.81. The average Bonchev–Trinajstić information content (AvgIpc) is 2.73. The average molecular weight is 215 g/mol. The van der Waals surface area contributed by atoms with E-state index in [0.717, 1.165) is 19.6 Å². The van der Waals surface area contributed by atoms with Crippen molar-refractivity contribution in [2.75, 3.05) is 26.9 Å². The molecule has 1 fully saturated rings. The van der Waals surface area contributed by atoms with E-state index in [1.165, 1.54) is 25.7 Å². The first kappa shape index (κ1) is 12.9. The van der Waals surface area contributed by atoms with Crippen molar-refractivity contribution < 1.29 is 9.84 Å². The number of hydrogen-bond donors (Lipinski definition) is 2. The lowest BCUT2D eigenvalue weighted by atomic mass is 9.87. The van der Waals surface area contributed by atoms with Gasteiger partial charge in [-0.15, -0.1) is 0 Å². The summed E-state index contributed by atoms with van der Waals surface area (Å²) in [5.41, 5.74) is 0.154. The van der Waals surface area contributed by atoms with Crippen molar-refractivity contribution >= 4 is 0 Å². The Morgan fingerprint density at radius 2 is 2.07 bits per heavy atom. The number of aliphatic hydroxyl groups excluding tert-OH is 1. The van der Waals surface area contributed by atoms with E-state index in [9.17, 15) is 5.11 Å². The molecule has 3 heteroatoms. The highest BCUT2D eigenvalue weighted by Gasteiger charge is 2.33. The molecule has 1 saturated carbocycles. The minimum atomic E-state index is 0.154. The SMILES string of the molecule is CCC(COC)NCC1(CO)CCCC1. The Morgan fingerprint density at radius 1 is 1.40 bits per heavy atom. The third-order valence-electron chi connectivity index (χ3n) is 3.63. The predicted molar refractivity (Wildman–Crippen MR) is 61.9 cm³/mol. The summed E-state index contributed by atoms with van der Waals surface area (Å²) in [4.78, 5) is 0. The quantitative estimate of drug-likeness (QED) is 0.677. The summed E-state index contributed by atoms with van der Waals surface area (Å²) in [7, 11) is 1.74. The van der Waals surface area contributed by atoms with E-state index in [1.54, 1.807) is 7.11 Å². The second-order valence-corrected chi connectivity index (χ2v) is 4.81. The van der Waals surface area contributed by atoms with Gasteiger partial charge in [0.2, 0.25) is 0 Å². The summed E-state index contributed by atoms with van der Waals surface area (Å²) >= 11 is 0. The van der Waals surface area contributed by atoms with Gasteiger partial charge in [0.05, 0.1) is 6.61 Å². The molecule has 0 aliphatic heterocycles. The number of nitrogens with one attached hydrogen (secondary N) is 1. The lowest BCUT2D eigenvalue weighted by molar-refractivity contribution is 0.110. The van der Waals surface area contributed by atoms with Gasteiger partial charge in [-0.1, -0.05) is 19.8 Å². The third-order valence-corrected chi connectivity index (χ3v) is 3.63. The van der Waals surface area contributed by atoms with E-state index in [0.29, 0.717) is 12.6 Å². The third kappa shape index (κ3) is 3.74. The zero-order valence-corrected chi connectivity index (χ0v) is 10.1. The van der Waals surface area contributed by atoms with Gasteiger partial charge in [0, 0.05) is 31.7 Å². The smallest absolute Gasteiger partial charge is 0.0615 e. The highest BCUT2D eigenvalue weighted by atomic mass is 16.5. The van der Waals surface area contributed by atoms with Crippen molar-refractivity contribution in [2.24, 2.45) is 5.41 Å². The number of methoxy groups -OCH3 is 1. The van der Waals surface area contributed by atoms with Crippen LogP contribution in [-0.4, -0.2) is 38.0 Å². The first-order valence-electron chi connectivity index (χ1n) is 6.09. The first-order chi connectivity index (χ1) is 7.26. The molecule has 1 atom stereocenters. The van der Waals surface area contributed by atoms with Crippen molar-refractivity contribution in [1.29, 1.82) is 0 Å². The minimum Gasteiger partial charge on any atom is -0.396 e. The lowest BCUT2D eigenvalue weighted by Crippen LogP contribution is -2.42. The fourth-order valence-electron chi connectivity index (χ4n) is 2.40. The number of aliphatic hydroxyl groups is 1. The van der Waals surface area contributed by atoms with Gasteiger partial charge in [-0.3, -0.25) is 0 Å². The van der Waals surface area contributed by atoms with Gasteiger partial charge in [0.25, 0.3) is 0 Å². The van der Waals surface area contributed by atoms with Crippen LogP contribution in [0.3, 0.4) is 0 Å². The van der Waals surface area contributed by atoms with Gasteiger partial charge in [0.15, 0.2) is 0 Å². The maximum atomic E-state index is 9.46. The van der Waals surface area contributed by atoms with Gasteiger partial charge < -0.3 is 15.2 Å². The molecule has 3 nitrogen and oxygen atoms in total. The molecule has 90 valence electrons. The second kappa shape index (κ2) is 6.46. The number of hydrogen-bond acceptors (Lipinski definition) is 3. The van der Waals surface area contributed by atoms with Gasteiger partial charge >= 0.3 is 0 Å². The summed E-state index contributed by atoms with van der Waals surface area (Å²) in [5.74, 6) is 0. The molecule has 0 amide bonds. The molecule has 2 N–H and O–H groups in total. The van der Waals surface area contributed by atoms with Gasteiger partial charge in [0.1, 0.15) is 0 Å². The summed E-state index contributed by atoms with van der Waals surface area (Å²) in [6.07, 6.45) is 5.95. The van der Waals surface area contributed by atoms with Crippen LogP contribution in [0, 0.1) is 5.41 Å². The van der Waals surface area contributed by atoms with Crippen LogP contribution in [0.15, 0.2) is 0 Å². The zero-order valence-electron chi connectivity index (χ0n) is 10.1.